The van der Waals surface area contributed by atoms with Crippen LogP contribution < -0.4 is 4.74 Å². The Hall–Kier alpha value is -1.32. The first-order valence-corrected chi connectivity index (χ1v) is 7.53. The van der Waals surface area contributed by atoms with Gasteiger partial charge in [0.15, 0.2) is 0 Å². The molecule has 0 radical (unpaired) electrons. The molecule has 0 aromatic heterocycles. The van der Waals surface area contributed by atoms with Gasteiger partial charge in [0.05, 0.1) is 12.0 Å². The van der Waals surface area contributed by atoms with Crippen molar-refractivity contribution in [2.45, 2.75) is 43.9 Å². The van der Waals surface area contributed by atoms with E-state index in [2.05, 4.69) is 30.2 Å². The van der Waals surface area contributed by atoms with E-state index in [4.69, 9.17) is 4.74 Å². The molecule has 1 spiro atoms. The van der Waals surface area contributed by atoms with Gasteiger partial charge in [0.2, 0.25) is 0 Å². The van der Waals surface area contributed by atoms with Gasteiger partial charge in [0.1, 0.15) is 11.9 Å². The normalized spacial score (nSPS) is 31.4. The molecule has 1 N–H and O–H groups in total. The van der Waals surface area contributed by atoms with Gasteiger partial charge in [0, 0.05) is 17.7 Å². The van der Waals surface area contributed by atoms with Gasteiger partial charge < -0.3 is 14.7 Å². The van der Waals surface area contributed by atoms with Gasteiger partial charge in [0.25, 0.3) is 0 Å². The lowest BCUT2D eigenvalue weighted by Crippen LogP contribution is -2.39. The van der Waals surface area contributed by atoms with Crippen LogP contribution in [-0.2, 0) is 18.6 Å². The molecule has 0 bridgehead atoms. The van der Waals surface area contributed by atoms with Crippen molar-refractivity contribution in [2.75, 3.05) is 13.6 Å². The quantitative estimate of drug-likeness (QED) is 0.796. The van der Waals surface area contributed by atoms with Gasteiger partial charge in [-0.25, -0.2) is 0 Å². The Kier molecular flexibility index (Phi) is 2.69. The highest BCUT2D eigenvalue weighted by Crippen LogP contribution is 2.53. The Balaban J connectivity index is 1.98. The van der Waals surface area contributed by atoms with Crippen LogP contribution in [0, 0.1) is 0 Å². The highest BCUT2D eigenvalue weighted by molar-refractivity contribution is 5.57. The molecule has 3 heteroatoms. The molecule has 2 atom stereocenters. The minimum Gasteiger partial charge on any atom is -0.488 e. The van der Waals surface area contributed by atoms with Crippen LogP contribution in [0.2, 0.25) is 0 Å². The molecule has 3 aliphatic rings. The van der Waals surface area contributed by atoms with Gasteiger partial charge in [-0.2, -0.15) is 0 Å². The number of ether oxygens (including phenoxy) is 1. The first kappa shape index (κ1) is 12.4. The standard InChI is InChI=1S/C17H21NO2/c1-18-9-8-17-7-3-2-4-14(17)20-16-13(11-19)6-5-12(10-18)15(16)17/h3,5-7,14,19H,2,4,8-11H2,1H3/t14?,17-/m0/s1. The minimum absolute atomic E-state index is 0.0405. The summed E-state index contributed by atoms with van der Waals surface area (Å²) in [7, 11) is 2.19. The van der Waals surface area contributed by atoms with E-state index in [1.54, 1.807) is 0 Å². The molecular weight excluding hydrogens is 250 g/mol. The second-order valence-electron chi connectivity index (χ2n) is 6.36. The first-order valence-electron chi connectivity index (χ1n) is 7.53. The number of benzene rings is 1. The van der Waals surface area contributed by atoms with Crippen molar-refractivity contribution in [3.8, 4) is 5.75 Å². The van der Waals surface area contributed by atoms with Gasteiger partial charge >= 0.3 is 0 Å². The lowest BCUT2D eigenvalue weighted by molar-refractivity contribution is 0.140. The van der Waals surface area contributed by atoms with Gasteiger partial charge in [-0.05, 0) is 38.4 Å². The van der Waals surface area contributed by atoms with E-state index in [9.17, 15) is 5.11 Å². The van der Waals surface area contributed by atoms with E-state index in [1.165, 1.54) is 11.1 Å². The number of rotatable bonds is 1. The molecule has 1 aliphatic carbocycles. The van der Waals surface area contributed by atoms with E-state index in [1.807, 2.05) is 6.07 Å². The predicted molar refractivity (Wildman–Crippen MR) is 77.8 cm³/mol. The first-order chi connectivity index (χ1) is 9.74. The van der Waals surface area contributed by atoms with Crippen LogP contribution in [0.1, 0.15) is 36.0 Å². The maximum Gasteiger partial charge on any atom is 0.129 e. The summed E-state index contributed by atoms with van der Waals surface area (Å²) in [5, 5.41) is 9.61. The Morgan fingerprint density at radius 1 is 1.45 bits per heavy atom. The van der Waals surface area contributed by atoms with E-state index >= 15 is 0 Å². The summed E-state index contributed by atoms with van der Waals surface area (Å²) in [5.74, 6) is 0.969. The highest BCUT2D eigenvalue weighted by atomic mass is 16.5. The Bertz CT molecular complexity index is 581. The number of allylic oxidation sites excluding steroid dienone is 1. The molecule has 1 aromatic rings. The van der Waals surface area contributed by atoms with Crippen molar-refractivity contribution in [1.82, 2.24) is 4.90 Å². The van der Waals surface area contributed by atoms with E-state index < -0.39 is 0 Å². The third kappa shape index (κ3) is 1.54. The summed E-state index contributed by atoms with van der Waals surface area (Å²) in [5.41, 5.74) is 3.70. The Morgan fingerprint density at radius 3 is 3.20 bits per heavy atom. The molecule has 0 saturated heterocycles. The number of aliphatic hydroxyl groups is 1. The summed E-state index contributed by atoms with van der Waals surface area (Å²) in [6.07, 6.45) is 8.24. The summed E-state index contributed by atoms with van der Waals surface area (Å²) in [6.45, 7) is 2.12. The molecule has 2 aliphatic heterocycles. The molecule has 0 saturated carbocycles. The largest absolute Gasteiger partial charge is 0.488 e. The topological polar surface area (TPSA) is 32.7 Å². The second-order valence-corrected chi connectivity index (χ2v) is 6.36. The number of hydrogen-bond donors (Lipinski definition) is 1. The van der Waals surface area contributed by atoms with E-state index in [0.717, 1.165) is 43.7 Å². The van der Waals surface area contributed by atoms with Gasteiger partial charge in [-0.15, -0.1) is 0 Å². The zero-order valence-electron chi connectivity index (χ0n) is 11.9. The highest BCUT2D eigenvalue weighted by Gasteiger charge is 2.50. The monoisotopic (exact) mass is 271 g/mol. The van der Waals surface area contributed by atoms with Crippen molar-refractivity contribution in [1.29, 1.82) is 0 Å². The lowest BCUT2D eigenvalue weighted by Gasteiger charge is -2.34. The van der Waals surface area contributed by atoms with Crippen LogP contribution >= 0.6 is 0 Å². The predicted octanol–water partition coefficient (Wildman–Crippen LogP) is 2.36. The molecule has 3 nitrogen and oxygen atoms in total. The van der Waals surface area contributed by atoms with E-state index in [0.29, 0.717) is 0 Å². The summed E-state index contributed by atoms with van der Waals surface area (Å²) in [4.78, 5) is 2.39. The number of nitrogens with zero attached hydrogens (tertiary/aromatic N) is 1. The molecule has 20 heavy (non-hydrogen) atoms. The van der Waals surface area contributed by atoms with Crippen molar-refractivity contribution in [2.24, 2.45) is 0 Å². The SMILES string of the molecule is CN1CC[C@@]23C=CCCC2Oc2c(CO)ccc(c23)C1. The van der Waals surface area contributed by atoms with Crippen molar-refractivity contribution < 1.29 is 9.84 Å². The second kappa shape index (κ2) is 4.34. The average Bonchev–Trinajstić information content (AvgIpc) is 2.74. The molecular formula is C17H21NO2. The maximum absolute atomic E-state index is 9.61. The van der Waals surface area contributed by atoms with Gasteiger partial charge in [-0.3, -0.25) is 0 Å². The van der Waals surface area contributed by atoms with Crippen LogP contribution in [0.4, 0.5) is 0 Å². The molecule has 0 amide bonds. The fraction of sp³-hybridized carbons (Fsp3) is 0.529. The molecule has 106 valence electrons. The zero-order chi connectivity index (χ0) is 13.7. The third-order valence-corrected chi connectivity index (χ3v) is 5.15. The van der Waals surface area contributed by atoms with Crippen LogP contribution in [0.15, 0.2) is 24.3 Å². The van der Waals surface area contributed by atoms with Crippen molar-refractivity contribution in [3.05, 3.63) is 41.0 Å². The van der Waals surface area contributed by atoms with Crippen molar-refractivity contribution >= 4 is 0 Å². The molecule has 1 unspecified atom stereocenters. The fourth-order valence-electron chi connectivity index (χ4n) is 4.14. The zero-order valence-corrected chi connectivity index (χ0v) is 11.9. The molecule has 2 heterocycles. The Labute approximate surface area is 119 Å². The summed E-state index contributed by atoms with van der Waals surface area (Å²) >= 11 is 0. The molecule has 1 aromatic carbocycles. The van der Waals surface area contributed by atoms with Crippen LogP contribution in [0.3, 0.4) is 0 Å². The van der Waals surface area contributed by atoms with Crippen LogP contribution in [-0.4, -0.2) is 29.7 Å². The third-order valence-electron chi connectivity index (χ3n) is 5.15. The smallest absolute Gasteiger partial charge is 0.129 e. The maximum atomic E-state index is 9.61. The minimum atomic E-state index is 0.0405. The van der Waals surface area contributed by atoms with Gasteiger partial charge in [-0.1, -0.05) is 24.3 Å². The average molecular weight is 271 g/mol. The van der Waals surface area contributed by atoms with E-state index in [-0.39, 0.29) is 18.1 Å². The van der Waals surface area contributed by atoms with Crippen molar-refractivity contribution in [3.63, 3.8) is 0 Å². The summed E-state index contributed by atoms with van der Waals surface area (Å²) in [6, 6.07) is 4.21. The summed E-state index contributed by atoms with van der Waals surface area (Å²) < 4.78 is 6.31. The fourth-order valence-corrected chi connectivity index (χ4v) is 4.14. The molecule has 4 rings (SSSR count). The van der Waals surface area contributed by atoms with Crippen LogP contribution in [0.25, 0.3) is 0 Å². The number of hydrogen-bond acceptors (Lipinski definition) is 3. The van der Waals surface area contributed by atoms with Crippen LogP contribution in [0.5, 0.6) is 5.75 Å². The number of aliphatic hydroxyl groups excluding tert-OH is 1. The molecule has 0 fully saturated rings. The Morgan fingerprint density at radius 2 is 2.35 bits per heavy atom. The lowest BCUT2D eigenvalue weighted by atomic mass is 9.69.